The molecule has 21 heavy (non-hydrogen) atoms. The summed E-state index contributed by atoms with van der Waals surface area (Å²) < 4.78 is 0. The maximum Gasteiger partial charge on any atom is 0.150 e. The molecule has 0 spiro atoms. The molecular formula is C19H16OS. The average Bonchev–Trinajstić information content (AvgIpc) is 3.15. The highest BCUT2D eigenvalue weighted by Gasteiger charge is 2.43. The van der Waals surface area contributed by atoms with Gasteiger partial charge >= 0.3 is 0 Å². The third-order valence-corrected chi connectivity index (χ3v) is 5.35. The Bertz CT molecular complexity index is 804. The molecule has 0 aliphatic heterocycles. The molecule has 0 bridgehead atoms. The van der Waals surface area contributed by atoms with Crippen LogP contribution in [0.5, 0.6) is 0 Å². The summed E-state index contributed by atoms with van der Waals surface area (Å²) in [7, 11) is 0. The highest BCUT2D eigenvalue weighted by Crippen LogP contribution is 2.51. The molecule has 1 aliphatic carbocycles. The molecule has 4 rings (SSSR count). The molecule has 3 aromatic rings. The van der Waals surface area contributed by atoms with Crippen molar-refractivity contribution in [3.63, 3.8) is 0 Å². The van der Waals surface area contributed by atoms with E-state index in [2.05, 4.69) is 31.2 Å². The number of aliphatic hydroxyl groups is 1. The van der Waals surface area contributed by atoms with Crippen molar-refractivity contribution in [2.75, 3.05) is 0 Å². The summed E-state index contributed by atoms with van der Waals surface area (Å²) in [5.41, 5.74) is 4.56. The van der Waals surface area contributed by atoms with Crippen LogP contribution in [0.25, 0.3) is 11.1 Å². The lowest BCUT2D eigenvalue weighted by molar-refractivity contribution is 0.134. The quantitative estimate of drug-likeness (QED) is 0.733. The van der Waals surface area contributed by atoms with E-state index in [1.54, 1.807) is 11.3 Å². The predicted molar refractivity (Wildman–Crippen MR) is 87.7 cm³/mol. The Morgan fingerprint density at radius 2 is 1.76 bits per heavy atom. The first-order valence-corrected chi connectivity index (χ1v) is 8.12. The Hall–Kier alpha value is -1.90. The van der Waals surface area contributed by atoms with Crippen LogP contribution in [-0.4, -0.2) is 5.11 Å². The molecule has 1 aliphatic rings. The van der Waals surface area contributed by atoms with Gasteiger partial charge in [0.1, 0.15) is 0 Å². The Kier molecular flexibility index (Phi) is 2.78. The normalized spacial score (nSPS) is 19.3. The van der Waals surface area contributed by atoms with Gasteiger partial charge < -0.3 is 5.11 Å². The Labute approximate surface area is 128 Å². The summed E-state index contributed by atoms with van der Waals surface area (Å²) in [4.78, 5) is 0.988. The minimum atomic E-state index is -1.01. The van der Waals surface area contributed by atoms with Crippen LogP contribution in [0.3, 0.4) is 0 Å². The van der Waals surface area contributed by atoms with E-state index in [0.29, 0.717) is 0 Å². The summed E-state index contributed by atoms with van der Waals surface area (Å²) in [5, 5.41) is 13.6. The van der Waals surface area contributed by atoms with Crippen molar-refractivity contribution in [3.8, 4) is 11.1 Å². The van der Waals surface area contributed by atoms with Gasteiger partial charge in [-0.15, -0.1) is 11.3 Å². The number of thiophene rings is 1. The van der Waals surface area contributed by atoms with Crippen LogP contribution in [0.1, 0.15) is 28.5 Å². The molecule has 1 nitrogen and oxygen atoms in total. The van der Waals surface area contributed by atoms with Crippen LogP contribution in [0, 0.1) is 0 Å². The van der Waals surface area contributed by atoms with Crippen LogP contribution >= 0.6 is 11.3 Å². The summed E-state index contributed by atoms with van der Waals surface area (Å²) >= 11 is 1.61. The number of hydrogen-bond donors (Lipinski definition) is 1. The van der Waals surface area contributed by atoms with Crippen molar-refractivity contribution in [2.45, 2.75) is 18.9 Å². The van der Waals surface area contributed by atoms with Crippen molar-refractivity contribution >= 4 is 11.3 Å². The van der Waals surface area contributed by atoms with Crippen LogP contribution in [0.15, 0.2) is 60.0 Å². The fourth-order valence-corrected chi connectivity index (χ4v) is 4.13. The lowest BCUT2D eigenvalue weighted by Gasteiger charge is -2.25. The van der Waals surface area contributed by atoms with E-state index >= 15 is 0 Å². The largest absolute Gasteiger partial charge is 0.375 e. The van der Waals surface area contributed by atoms with E-state index in [9.17, 15) is 5.11 Å². The number of benzene rings is 2. The van der Waals surface area contributed by atoms with Gasteiger partial charge in [-0.3, -0.25) is 0 Å². The molecule has 1 unspecified atom stereocenters. The molecule has 0 saturated heterocycles. The number of aryl methyl sites for hydroxylation is 1. The predicted octanol–water partition coefficient (Wildman–Crippen LogP) is 4.58. The van der Waals surface area contributed by atoms with E-state index in [-0.39, 0.29) is 0 Å². The van der Waals surface area contributed by atoms with Crippen LogP contribution in [-0.2, 0) is 12.0 Å². The molecule has 0 radical (unpaired) electrons. The lowest BCUT2D eigenvalue weighted by atomic mass is 9.89. The molecule has 2 aromatic carbocycles. The lowest BCUT2D eigenvalue weighted by Crippen LogP contribution is -2.24. The molecule has 1 heterocycles. The topological polar surface area (TPSA) is 20.2 Å². The van der Waals surface area contributed by atoms with Crippen molar-refractivity contribution in [1.82, 2.24) is 0 Å². The molecule has 0 fully saturated rings. The highest BCUT2D eigenvalue weighted by atomic mass is 32.1. The summed E-state index contributed by atoms with van der Waals surface area (Å²) in [6.45, 7) is 2.15. The molecule has 1 N–H and O–H groups in total. The van der Waals surface area contributed by atoms with E-state index in [4.69, 9.17) is 0 Å². The van der Waals surface area contributed by atoms with E-state index < -0.39 is 5.60 Å². The van der Waals surface area contributed by atoms with E-state index in [1.165, 1.54) is 5.56 Å². The average molecular weight is 292 g/mol. The maximum absolute atomic E-state index is 11.6. The first-order valence-electron chi connectivity index (χ1n) is 7.24. The molecule has 1 atom stereocenters. The SMILES string of the molecule is CCc1ccc2c(c1)C(O)(c1cccs1)c1ccccc1-2. The molecule has 1 aromatic heterocycles. The Balaban J connectivity index is 2.08. The second kappa shape index (κ2) is 4.55. The van der Waals surface area contributed by atoms with Gasteiger partial charge in [-0.1, -0.05) is 55.5 Å². The van der Waals surface area contributed by atoms with Gasteiger partial charge in [0.05, 0.1) is 0 Å². The second-order valence-electron chi connectivity index (χ2n) is 5.47. The molecule has 104 valence electrons. The van der Waals surface area contributed by atoms with Gasteiger partial charge in [-0.2, -0.15) is 0 Å². The Morgan fingerprint density at radius 3 is 2.52 bits per heavy atom. The minimum absolute atomic E-state index is 0.976. The summed E-state index contributed by atoms with van der Waals surface area (Å²) in [6.07, 6.45) is 0.976. The van der Waals surface area contributed by atoms with Gasteiger partial charge in [0.15, 0.2) is 5.60 Å². The highest BCUT2D eigenvalue weighted by molar-refractivity contribution is 7.10. The number of rotatable bonds is 2. The fourth-order valence-electron chi connectivity index (χ4n) is 3.27. The van der Waals surface area contributed by atoms with Crippen LogP contribution in [0.4, 0.5) is 0 Å². The summed E-state index contributed by atoms with van der Waals surface area (Å²) in [6, 6.07) is 18.7. The fraction of sp³-hybridized carbons (Fsp3) is 0.158. The smallest absolute Gasteiger partial charge is 0.150 e. The zero-order valence-corrected chi connectivity index (χ0v) is 12.7. The van der Waals surface area contributed by atoms with Crippen molar-refractivity contribution in [3.05, 3.63) is 81.5 Å². The molecule has 2 heteroatoms. The van der Waals surface area contributed by atoms with Crippen LogP contribution < -0.4 is 0 Å². The molecular weight excluding hydrogens is 276 g/mol. The zero-order chi connectivity index (χ0) is 14.4. The van der Waals surface area contributed by atoms with Crippen LogP contribution in [0.2, 0.25) is 0 Å². The second-order valence-corrected chi connectivity index (χ2v) is 6.41. The number of hydrogen-bond acceptors (Lipinski definition) is 2. The summed E-state index contributed by atoms with van der Waals surface area (Å²) in [5.74, 6) is 0. The molecule has 0 saturated carbocycles. The number of fused-ring (bicyclic) bond motifs is 3. The first-order chi connectivity index (χ1) is 10.2. The van der Waals surface area contributed by atoms with E-state index in [0.717, 1.165) is 33.6 Å². The first kappa shape index (κ1) is 12.8. The van der Waals surface area contributed by atoms with Gasteiger partial charge in [-0.05, 0) is 34.6 Å². The van der Waals surface area contributed by atoms with Gasteiger partial charge in [0, 0.05) is 16.0 Å². The minimum Gasteiger partial charge on any atom is -0.375 e. The van der Waals surface area contributed by atoms with Crippen molar-refractivity contribution in [1.29, 1.82) is 0 Å². The maximum atomic E-state index is 11.6. The van der Waals surface area contributed by atoms with Crippen molar-refractivity contribution in [2.24, 2.45) is 0 Å². The standard InChI is InChI=1S/C19H16OS/c1-2-13-9-10-15-14-6-3-4-7-16(14)19(20,17(15)12-13)18-8-5-11-21-18/h3-12,20H,2H2,1H3. The monoisotopic (exact) mass is 292 g/mol. The third-order valence-electron chi connectivity index (χ3n) is 4.37. The third kappa shape index (κ3) is 1.66. The van der Waals surface area contributed by atoms with Gasteiger partial charge in [-0.25, -0.2) is 0 Å². The van der Waals surface area contributed by atoms with E-state index in [1.807, 2.05) is 35.7 Å². The van der Waals surface area contributed by atoms with Gasteiger partial charge in [0.25, 0.3) is 0 Å². The van der Waals surface area contributed by atoms with Crippen molar-refractivity contribution < 1.29 is 5.11 Å². The molecule has 0 amide bonds. The van der Waals surface area contributed by atoms with Gasteiger partial charge in [0.2, 0.25) is 0 Å². The Morgan fingerprint density at radius 1 is 0.952 bits per heavy atom. The zero-order valence-electron chi connectivity index (χ0n) is 11.8.